The number of benzene rings is 3. The van der Waals surface area contributed by atoms with E-state index in [4.69, 9.17) is 16.6 Å². The average Bonchev–Trinajstić information content (AvgIpc) is 2.64. The van der Waals surface area contributed by atoms with Gasteiger partial charge >= 0.3 is 0 Å². The Morgan fingerprint density at radius 2 is 1.40 bits per heavy atom. The van der Waals surface area contributed by atoms with E-state index in [-0.39, 0.29) is 6.61 Å². The van der Waals surface area contributed by atoms with E-state index in [1.165, 1.54) is 5.56 Å². The van der Waals surface area contributed by atoms with Crippen LogP contribution in [0.1, 0.15) is 16.7 Å². The van der Waals surface area contributed by atoms with Gasteiger partial charge < -0.3 is 16.6 Å². The largest absolute Gasteiger partial charge is 0.399 e. The second kappa shape index (κ2) is 9.96. The summed E-state index contributed by atoms with van der Waals surface area (Å²) in [6.45, 7) is 0.240. The van der Waals surface area contributed by atoms with E-state index in [0.29, 0.717) is 11.4 Å². The highest BCUT2D eigenvalue weighted by atomic mass is 16.2. The lowest BCUT2D eigenvalue weighted by Gasteiger charge is -2.01. The summed E-state index contributed by atoms with van der Waals surface area (Å²) in [5, 5.41) is 8.52. The van der Waals surface area contributed by atoms with Crippen LogP contribution in [0.3, 0.4) is 0 Å². The van der Waals surface area contributed by atoms with Gasteiger partial charge in [0.05, 0.1) is 0 Å². The molecular weight excluding hydrogens is 308 g/mol. The van der Waals surface area contributed by atoms with Crippen molar-refractivity contribution in [1.82, 2.24) is 0 Å². The van der Waals surface area contributed by atoms with Gasteiger partial charge in [-0.05, 0) is 35.2 Å². The van der Waals surface area contributed by atoms with Gasteiger partial charge in [-0.3, -0.25) is 0 Å². The molecule has 3 aromatic carbocycles. The third-order valence-corrected chi connectivity index (χ3v) is 3.61. The summed E-state index contributed by atoms with van der Waals surface area (Å²) in [6.07, 6.45) is 4.78. The van der Waals surface area contributed by atoms with Gasteiger partial charge in [0.15, 0.2) is 0 Å². The van der Waals surface area contributed by atoms with Gasteiger partial charge in [0.25, 0.3) is 0 Å². The summed E-state index contributed by atoms with van der Waals surface area (Å²) in [7, 11) is 0. The fourth-order valence-electron chi connectivity index (χ4n) is 2.27. The molecule has 3 aromatic rings. The zero-order chi connectivity index (χ0) is 17.9. The lowest BCUT2D eigenvalue weighted by molar-refractivity contribution is 0.299. The van der Waals surface area contributed by atoms with Crippen LogP contribution in [-0.4, -0.2) is 11.7 Å². The van der Waals surface area contributed by atoms with E-state index in [1.54, 1.807) is 6.07 Å². The molecule has 0 spiro atoms. The molecule has 128 valence electrons. The van der Waals surface area contributed by atoms with Crippen molar-refractivity contribution in [2.75, 3.05) is 18.1 Å². The molecule has 0 atom stereocenters. The van der Waals surface area contributed by atoms with Crippen LogP contribution in [0.4, 0.5) is 11.4 Å². The van der Waals surface area contributed by atoms with Crippen molar-refractivity contribution in [3.63, 3.8) is 0 Å². The standard InChI is InChI=1S/C14H14N2.C8H10O/c15-13-9-8-12(14(16)10-13)7-6-11-4-2-1-3-5-11;9-7-6-8-4-2-1-3-5-8/h1-10H,15-16H2;1-5,9H,6-7H2. The minimum Gasteiger partial charge on any atom is -0.399 e. The predicted octanol–water partition coefficient (Wildman–Crippen LogP) is 4.24. The van der Waals surface area contributed by atoms with Gasteiger partial charge in [-0.1, -0.05) is 78.9 Å². The van der Waals surface area contributed by atoms with E-state index in [0.717, 1.165) is 17.5 Å². The molecule has 0 radical (unpaired) electrons. The Labute approximate surface area is 149 Å². The Balaban J connectivity index is 0.000000212. The molecule has 0 unspecified atom stereocenters. The summed E-state index contributed by atoms with van der Waals surface area (Å²) in [6, 6.07) is 25.6. The molecule has 25 heavy (non-hydrogen) atoms. The zero-order valence-electron chi connectivity index (χ0n) is 14.2. The van der Waals surface area contributed by atoms with Crippen LogP contribution in [0.2, 0.25) is 0 Å². The first-order valence-corrected chi connectivity index (χ1v) is 8.22. The number of hydrogen-bond donors (Lipinski definition) is 3. The minimum absolute atomic E-state index is 0.240. The highest BCUT2D eigenvalue weighted by molar-refractivity contribution is 5.77. The van der Waals surface area contributed by atoms with Crippen LogP contribution in [0.15, 0.2) is 78.9 Å². The molecule has 0 aliphatic rings. The first-order chi connectivity index (χ1) is 12.2. The molecule has 0 saturated carbocycles. The van der Waals surface area contributed by atoms with Gasteiger partial charge in [0.1, 0.15) is 0 Å². The van der Waals surface area contributed by atoms with Crippen molar-refractivity contribution in [3.05, 3.63) is 95.6 Å². The van der Waals surface area contributed by atoms with E-state index in [1.807, 2.05) is 84.9 Å². The number of aliphatic hydroxyl groups excluding tert-OH is 1. The second-order valence-corrected chi connectivity index (χ2v) is 5.59. The number of hydrogen-bond acceptors (Lipinski definition) is 3. The Morgan fingerprint density at radius 3 is 2.00 bits per heavy atom. The number of nitrogen functional groups attached to an aromatic ring is 2. The van der Waals surface area contributed by atoms with Crippen LogP contribution in [0.25, 0.3) is 12.2 Å². The van der Waals surface area contributed by atoms with Gasteiger partial charge in [-0.2, -0.15) is 0 Å². The van der Waals surface area contributed by atoms with Crippen LogP contribution in [0.5, 0.6) is 0 Å². The molecule has 3 rings (SSSR count). The normalized spacial score (nSPS) is 10.3. The molecule has 0 fully saturated rings. The van der Waals surface area contributed by atoms with Crippen molar-refractivity contribution >= 4 is 23.5 Å². The highest BCUT2D eigenvalue weighted by Gasteiger charge is 1.95. The lowest BCUT2D eigenvalue weighted by atomic mass is 10.1. The Morgan fingerprint density at radius 1 is 0.760 bits per heavy atom. The van der Waals surface area contributed by atoms with Crippen LogP contribution in [0, 0.1) is 0 Å². The predicted molar refractivity (Wildman–Crippen MR) is 108 cm³/mol. The van der Waals surface area contributed by atoms with Gasteiger partial charge in [-0.25, -0.2) is 0 Å². The van der Waals surface area contributed by atoms with Gasteiger partial charge in [-0.15, -0.1) is 0 Å². The second-order valence-electron chi connectivity index (χ2n) is 5.59. The maximum Gasteiger partial charge on any atom is 0.0471 e. The lowest BCUT2D eigenvalue weighted by Crippen LogP contribution is -1.92. The van der Waals surface area contributed by atoms with Crippen molar-refractivity contribution < 1.29 is 5.11 Å². The van der Waals surface area contributed by atoms with Crippen LogP contribution in [-0.2, 0) is 6.42 Å². The summed E-state index contributed by atoms with van der Waals surface area (Å²) in [5.74, 6) is 0. The van der Waals surface area contributed by atoms with Gasteiger partial charge in [0, 0.05) is 18.0 Å². The molecule has 3 heteroatoms. The summed E-state index contributed by atoms with van der Waals surface area (Å²) < 4.78 is 0. The van der Waals surface area contributed by atoms with Crippen molar-refractivity contribution in [2.24, 2.45) is 0 Å². The maximum absolute atomic E-state index is 8.52. The van der Waals surface area contributed by atoms with Crippen molar-refractivity contribution in [2.45, 2.75) is 6.42 Å². The Bertz CT molecular complexity index is 784. The molecule has 0 heterocycles. The average molecular weight is 332 g/mol. The summed E-state index contributed by atoms with van der Waals surface area (Å²) >= 11 is 0. The van der Waals surface area contributed by atoms with Crippen molar-refractivity contribution in [1.29, 1.82) is 0 Å². The summed E-state index contributed by atoms with van der Waals surface area (Å²) in [4.78, 5) is 0. The quantitative estimate of drug-likeness (QED) is 0.494. The molecule has 0 aliphatic carbocycles. The number of rotatable bonds is 4. The monoisotopic (exact) mass is 332 g/mol. The highest BCUT2D eigenvalue weighted by Crippen LogP contribution is 2.18. The topological polar surface area (TPSA) is 72.3 Å². The van der Waals surface area contributed by atoms with Crippen molar-refractivity contribution in [3.8, 4) is 0 Å². The summed E-state index contributed by atoms with van der Waals surface area (Å²) in [5.41, 5.74) is 16.2. The Kier molecular flexibility index (Phi) is 7.29. The molecule has 0 aromatic heterocycles. The van der Waals surface area contributed by atoms with E-state index in [2.05, 4.69) is 0 Å². The minimum atomic E-state index is 0.240. The molecule has 0 amide bonds. The smallest absolute Gasteiger partial charge is 0.0471 e. The molecule has 0 saturated heterocycles. The first kappa shape index (κ1) is 18.3. The third-order valence-electron chi connectivity index (χ3n) is 3.61. The van der Waals surface area contributed by atoms with E-state index in [9.17, 15) is 0 Å². The molecule has 5 N–H and O–H groups in total. The zero-order valence-corrected chi connectivity index (χ0v) is 14.2. The maximum atomic E-state index is 8.52. The number of anilines is 2. The molecule has 3 nitrogen and oxygen atoms in total. The fourth-order valence-corrected chi connectivity index (χ4v) is 2.27. The first-order valence-electron chi connectivity index (χ1n) is 8.22. The molecular formula is C22H24N2O. The van der Waals surface area contributed by atoms with Crippen LogP contribution < -0.4 is 11.5 Å². The Hall–Kier alpha value is -3.04. The molecule has 0 bridgehead atoms. The van der Waals surface area contributed by atoms with E-state index < -0.39 is 0 Å². The SMILES string of the molecule is Nc1ccc(C=Cc2ccccc2)c(N)c1.OCCc1ccccc1. The molecule has 0 aliphatic heterocycles. The van der Waals surface area contributed by atoms with Crippen LogP contribution >= 0.6 is 0 Å². The number of nitrogens with two attached hydrogens (primary N) is 2. The van der Waals surface area contributed by atoms with Gasteiger partial charge in [0.2, 0.25) is 0 Å². The third kappa shape index (κ3) is 6.53. The fraction of sp³-hybridized carbons (Fsp3) is 0.0909. The number of aliphatic hydroxyl groups is 1. The van der Waals surface area contributed by atoms with E-state index >= 15 is 0 Å².